The first-order valence-corrected chi connectivity index (χ1v) is 9.82. The van der Waals surface area contributed by atoms with Gasteiger partial charge in [-0.2, -0.15) is 11.8 Å². The third-order valence-electron chi connectivity index (χ3n) is 4.86. The van der Waals surface area contributed by atoms with E-state index in [0.29, 0.717) is 18.5 Å². The summed E-state index contributed by atoms with van der Waals surface area (Å²) in [5, 5.41) is 6.56. The molecule has 1 amide bonds. The fourth-order valence-electron chi connectivity index (χ4n) is 3.55. The maximum atomic E-state index is 12.4. The Morgan fingerprint density at radius 3 is 2.87 bits per heavy atom. The van der Waals surface area contributed by atoms with Crippen LogP contribution in [0.4, 0.5) is 11.4 Å². The third-order valence-corrected chi connectivity index (χ3v) is 5.99. The van der Waals surface area contributed by atoms with Crippen LogP contribution in [0, 0.1) is 0 Å². The van der Waals surface area contributed by atoms with E-state index in [-0.39, 0.29) is 5.91 Å². The number of anilines is 2. The van der Waals surface area contributed by atoms with Crippen molar-refractivity contribution in [2.45, 2.75) is 44.2 Å². The van der Waals surface area contributed by atoms with E-state index in [9.17, 15) is 4.79 Å². The molecule has 1 aromatic rings. The summed E-state index contributed by atoms with van der Waals surface area (Å²) in [6, 6.07) is 9.08. The van der Waals surface area contributed by atoms with Gasteiger partial charge in [0.15, 0.2) is 0 Å². The SMILES string of the molecule is CN(c1ccccc1NC(=O)CC1CSCCN1)C1CCCC1. The summed E-state index contributed by atoms with van der Waals surface area (Å²) in [7, 11) is 2.15. The average molecular weight is 334 g/mol. The molecule has 0 radical (unpaired) electrons. The molecular formula is C18H27N3OS. The van der Waals surface area contributed by atoms with Crippen molar-refractivity contribution in [1.29, 1.82) is 0 Å². The summed E-state index contributed by atoms with van der Waals surface area (Å²) in [6.07, 6.45) is 5.68. The van der Waals surface area contributed by atoms with Gasteiger partial charge >= 0.3 is 0 Å². The Morgan fingerprint density at radius 1 is 1.35 bits per heavy atom. The number of nitrogens with one attached hydrogen (secondary N) is 2. The van der Waals surface area contributed by atoms with E-state index in [1.54, 1.807) is 0 Å². The molecule has 126 valence electrons. The molecule has 23 heavy (non-hydrogen) atoms. The van der Waals surface area contributed by atoms with Gasteiger partial charge in [0, 0.05) is 43.6 Å². The number of hydrogen-bond donors (Lipinski definition) is 2. The first-order valence-electron chi connectivity index (χ1n) is 8.67. The molecule has 3 rings (SSSR count). The van der Waals surface area contributed by atoms with Gasteiger partial charge in [-0.15, -0.1) is 0 Å². The lowest BCUT2D eigenvalue weighted by Crippen LogP contribution is -2.40. The lowest BCUT2D eigenvalue weighted by molar-refractivity contribution is -0.116. The van der Waals surface area contributed by atoms with Gasteiger partial charge in [0.1, 0.15) is 0 Å². The van der Waals surface area contributed by atoms with Crippen LogP contribution >= 0.6 is 11.8 Å². The van der Waals surface area contributed by atoms with Gasteiger partial charge in [-0.05, 0) is 25.0 Å². The van der Waals surface area contributed by atoms with E-state index in [0.717, 1.165) is 29.4 Å². The van der Waals surface area contributed by atoms with Crippen LogP contribution in [0.15, 0.2) is 24.3 Å². The third kappa shape index (κ3) is 4.42. The quantitative estimate of drug-likeness (QED) is 0.869. The Kier molecular flexibility index (Phi) is 5.84. The molecule has 2 N–H and O–H groups in total. The Bertz CT molecular complexity index is 525. The highest BCUT2D eigenvalue weighted by atomic mass is 32.2. The molecule has 2 fully saturated rings. The van der Waals surface area contributed by atoms with Gasteiger partial charge in [0.25, 0.3) is 0 Å². The summed E-state index contributed by atoms with van der Waals surface area (Å²) in [5.41, 5.74) is 2.08. The van der Waals surface area contributed by atoms with Crippen molar-refractivity contribution in [3.63, 3.8) is 0 Å². The van der Waals surface area contributed by atoms with Crippen molar-refractivity contribution in [3.05, 3.63) is 24.3 Å². The molecule has 1 aliphatic carbocycles. The van der Waals surface area contributed by atoms with Crippen LogP contribution in [0.1, 0.15) is 32.1 Å². The smallest absolute Gasteiger partial charge is 0.226 e. The van der Waals surface area contributed by atoms with E-state index >= 15 is 0 Å². The molecule has 1 unspecified atom stereocenters. The van der Waals surface area contributed by atoms with E-state index in [1.807, 2.05) is 23.9 Å². The second kappa shape index (κ2) is 8.06. The minimum Gasteiger partial charge on any atom is -0.370 e. The molecule has 1 atom stereocenters. The molecule has 0 bridgehead atoms. The number of benzene rings is 1. The van der Waals surface area contributed by atoms with E-state index in [2.05, 4.69) is 34.7 Å². The molecular weight excluding hydrogens is 306 g/mol. The fraction of sp³-hybridized carbons (Fsp3) is 0.611. The predicted molar refractivity (Wildman–Crippen MR) is 99.5 cm³/mol. The lowest BCUT2D eigenvalue weighted by atomic mass is 10.1. The van der Waals surface area contributed by atoms with Gasteiger partial charge in [0.05, 0.1) is 11.4 Å². The van der Waals surface area contributed by atoms with E-state index in [1.165, 1.54) is 25.7 Å². The van der Waals surface area contributed by atoms with Crippen LogP contribution in [-0.2, 0) is 4.79 Å². The normalized spacial score (nSPS) is 22.0. The topological polar surface area (TPSA) is 44.4 Å². The summed E-state index contributed by atoms with van der Waals surface area (Å²) < 4.78 is 0. The molecule has 1 aromatic carbocycles. The maximum Gasteiger partial charge on any atom is 0.226 e. The summed E-state index contributed by atoms with van der Waals surface area (Å²) in [6.45, 7) is 1.00. The number of rotatable bonds is 5. The Hall–Kier alpha value is -1.20. The number of carbonyl (C=O) groups is 1. The number of para-hydroxylation sites is 2. The van der Waals surface area contributed by atoms with Crippen LogP contribution < -0.4 is 15.5 Å². The molecule has 5 heteroatoms. The zero-order valence-corrected chi connectivity index (χ0v) is 14.7. The maximum absolute atomic E-state index is 12.4. The van der Waals surface area contributed by atoms with Crippen LogP contribution in [-0.4, -0.2) is 43.1 Å². The lowest BCUT2D eigenvalue weighted by Gasteiger charge is -2.29. The Balaban J connectivity index is 1.63. The summed E-state index contributed by atoms with van der Waals surface area (Å²) >= 11 is 1.93. The molecule has 2 aliphatic rings. The van der Waals surface area contributed by atoms with E-state index in [4.69, 9.17) is 0 Å². The highest BCUT2D eigenvalue weighted by molar-refractivity contribution is 7.99. The van der Waals surface area contributed by atoms with Crippen molar-refractivity contribution >= 4 is 29.0 Å². The van der Waals surface area contributed by atoms with Gasteiger partial charge in [-0.3, -0.25) is 4.79 Å². The van der Waals surface area contributed by atoms with Crippen molar-refractivity contribution in [1.82, 2.24) is 5.32 Å². The second-order valence-electron chi connectivity index (χ2n) is 6.54. The second-order valence-corrected chi connectivity index (χ2v) is 7.69. The highest BCUT2D eigenvalue weighted by Crippen LogP contribution is 2.31. The molecule has 1 heterocycles. The van der Waals surface area contributed by atoms with Crippen molar-refractivity contribution < 1.29 is 4.79 Å². The predicted octanol–water partition coefficient (Wildman–Crippen LogP) is 3.10. The van der Waals surface area contributed by atoms with Crippen LogP contribution in [0.5, 0.6) is 0 Å². The molecule has 4 nitrogen and oxygen atoms in total. The number of hydrogen-bond acceptors (Lipinski definition) is 4. The summed E-state index contributed by atoms with van der Waals surface area (Å²) in [5.74, 6) is 2.28. The fourth-order valence-corrected chi connectivity index (χ4v) is 4.50. The van der Waals surface area contributed by atoms with E-state index < -0.39 is 0 Å². The van der Waals surface area contributed by atoms with Crippen molar-refractivity contribution in [2.75, 3.05) is 35.3 Å². The average Bonchev–Trinajstić information content (AvgIpc) is 3.10. The van der Waals surface area contributed by atoms with Crippen molar-refractivity contribution in [2.24, 2.45) is 0 Å². The first kappa shape index (κ1) is 16.7. The zero-order chi connectivity index (χ0) is 16.1. The molecule has 0 spiro atoms. The Morgan fingerprint density at radius 2 is 2.13 bits per heavy atom. The van der Waals surface area contributed by atoms with Crippen LogP contribution in [0.3, 0.4) is 0 Å². The summed E-state index contributed by atoms with van der Waals surface area (Å²) in [4.78, 5) is 14.7. The monoisotopic (exact) mass is 333 g/mol. The number of carbonyl (C=O) groups excluding carboxylic acids is 1. The molecule has 0 aromatic heterocycles. The van der Waals surface area contributed by atoms with Crippen LogP contribution in [0.2, 0.25) is 0 Å². The highest BCUT2D eigenvalue weighted by Gasteiger charge is 2.22. The minimum absolute atomic E-state index is 0.109. The number of thioether (sulfide) groups is 1. The standard InChI is InChI=1S/C18H27N3OS/c1-21(15-6-2-3-7-15)17-9-5-4-8-16(17)20-18(22)12-14-13-23-11-10-19-14/h4-5,8-9,14-15,19H,2-3,6-7,10-13H2,1H3,(H,20,22). The molecule has 1 saturated carbocycles. The van der Waals surface area contributed by atoms with Crippen molar-refractivity contribution in [3.8, 4) is 0 Å². The first-order chi connectivity index (χ1) is 11.2. The van der Waals surface area contributed by atoms with Gasteiger partial charge < -0.3 is 15.5 Å². The minimum atomic E-state index is 0.109. The number of amides is 1. The van der Waals surface area contributed by atoms with Gasteiger partial charge in [-0.25, -0.2) is 0 Å². The van der Waals surface area contributed by atoms with Crippen LogP contribution in [0.25, 0.3) is 0 Å². The molecule has 1 saturated heterocycles. The number of nitrogens with zero attached hydrogens (tertiary/aromatic N) is 1. The van der Waals surface area contributed by atoms with Gasteiger partial charge in [-0.1, -0.05) is 25.0 Å². The Labute approximate surface area is 143 Å². The molecule has 1 aliphatic heterocycles. The zero-order valence-electron chi connectivity index (χ0n) is 13.9. The van der Waals surface area contributed by atoms with Gasteiger partial charge in [0.2, 0.25) is 5.91 Å². The largest absolute Gasteiger partial charge is 0.370 e.